The van der Waals surface area contributed by atoms with Gasteiger partial charge >= 0.3 is 0 Å². The zero-order valence-corrected chi connectivity index (χ0v) is 15.0. The molecule has 0 unspecified atom stereocenters. The van der Waals surface area contributed by atoms with Crippen molar-refractivity contribution >= 4 is 21.6 Å². The first-order chi connectivity index (χ1) is 11.1. The summed E-state index contributed by atoms with van der Waals surface area (Å²) in [5.74, 6) is 0. The van der Waals surface area contributed by atoms with Crippen LogP contribution in [-0.4, -0.2) is 33.6 Å². The molecule has 1 aliphatic carbocycles. The highest BCUT2D eigenvalue weighted by Crippen LogP contribution is 2.21. The zero-order valence-electron chi connectivity index (χ0n) is 13.4. The maximum atomic E-state index is 12.7. The van der Waals surface area contributed by atoms with Gasteiger partial charge in [-0.2, -0.15) is 0 Å². The number of halogens is 1. The van der Waals surface area contributed by atoms with Gasteiger partial charge in [-0.1, -0.05) is 18.0 Å². The Hall–Kier alpha value is -0.620. The van der Waals surface area contributed by atoms with E-state index in [2.05, 4.69) is 4.72 Å². The first-order valence-corrected chi connectivity index (χ1v) is 10.5. The molecule has 2 atom stereocenters. The highest BCUT2D eigenvalue weighted by Gasteiger charge is 2.36. The molecule has 128 valence electrons. The monoisotopic (exact) mass is 357 g/mol. The van der Waals surface area contributed by atoms with E-state index in [9.17, 15) is 8.42 Å². The Morgan fingerprint density at radius 3 is 2.30 bits per heavy atom. The number of hydrogen-bond donors (Lipinski definition) is 2. The molecule has 0 amide bonds. The molecule has 3 rings (SSSR count). The predicted octanol–water partition coefficient (Wildman–Crippen LogP) is 2.00. The van der Waals surface area contributed by atoms with E-state index in [1.54, 1.807) is 29.2 Å². The minimum atomic E-state index is -3.47. The summed E-state index contributed by atoms with van der Waals surface area (Å²) in [6, 6.07) is 6.89. The van der Waals surface area contributed by atoms with E-state index in [1.165, 1.54) is 38.8 Å². The molecule has 1 saturated carbocycles. The van der Waals surface area contributed by atoms with Gasteiger partial charge in [-0.25, -0.2) is 13.1 Å². The third-order valence-electron chi connectivity index (χ3n) is 5.22. The quantitative estimate of drug-likeness (QED) is 0.866. The second kappa shape index (κ2) is 7.51. The minimum absolute atomic E-state index is 0.0533. The Labute approximate surface area is 144 Å². The van der Waals surface area contributed by atoms with E-state index in [0.29, 0.717) is 16.0 Å². The molecule has 1 aliphatic heterocycles. The topological polar surface area (TPSA) is 50.6 Å². The number of hydrogen-bond acceptors (Lipinski definition) is 2. The molecule has 0 aromatic heterocycles. The van der Waals surface area contributed by atoms with Gasteiger partial charge in [-0.3, -0.25) is 0 Å². The van der Waals surface area contributed by atoms with Crippen molar-refractivity contribution in [3.63, 3.8) is 0 Å². The van der Waals surface area contributed by atoms with E-state index < -0.39 is 10.0 Å². The maximum Gasteiger partial charge on any atom is 0.241 e. The van der Waals surface area contributed by atoms with Crippen LogP contribution in [0.2, 0.25) is 5.02 Å². The molecule has 6 heteroatoms. The molecule has 1 saturated heterocycles. The first kappa shape index (κ1) is 17.2. The minimum Gasteiger partial charge on any atom is -0.331 e. The summed E-state index contributed by atoms with van der Waals surface area (Å²) >= 11 is 5.86. The van der Waals surface area contributed by atoms with Crippen molar-refractivity contribution in [3.8, 4) is 0 Å². The van der Waals surface area contributed by atoms with Crippen LogP contribution in [0.25, 0.3) is 0 Å². The predicted molar refractivity (Wildman–Crippen MR) is 92.4 cm³/mol. The molecular weight excluding hydrogens is 332 g/mol. The van der Waals surface area contributed by atoms with Crippen molar-refractivity contribution in [1.82, 2.24) is 4.72 Å². The van der Waals surface area contributed by atoms with Gasteiger partial charge in [0.2, 0.25) is 10.0 Å². The van der Waals surface area contributed by atoms with Gasteiger partial charge in [0.1, 0.15) is 6.04 Å². The second-order valence-corrected chi connectivity index (χ2v) is 8.94. The molecule has 1 aromatic rings. The molecular formula is C17H26ClN2O2S+. The molecule has 1 heterocycles. The van der Waals surface area contributed by atoms with E-state index in [-0.39, 0.29) is 6.04 Å². The Morgan fingerprint density at radius 2 is 1.61 bits per heavy atom. The number of quaternary nitrogens is 1. The number of rotatable bonds is 4. The van der Waals surface area contributed by atoms with Crippen molar-refractivity contribution in [2.75, 3.05) is 13.1 Å². The van der Waals surface area contributed by atoms with Crippen LogP contribution in [0.15, 0.2) is 29.2 Å². The van der Waals surface area contributed by atoms with E-state index in [1.807, 2.05) is 0 Å². The lowest BCUT2D eigenvalue weighted by Gasteiger charge is -2.39. The lowest BCUT2D eigenvalue weighted by molar-refractivity contribution is -0.932. The van der Waals surface area contributed by atoms with Crippen molar-refractivity contribution in [3.05, 3.63) is 29.3 Å². The summed E-state index contributed by atoms with van der Waals surface area (Å²) in [5.41, 5.74) is 0. The molecule has 23 heavy (non-hydrogen) atoms. The molecule has 2 aliphatic rings. The van der Waals surface area contributed by atoms with Crippen LogP contribution >= 0.6 is 11.6 Å². The van der Waals surface area contributed by atoms with Crippen molar-refractivity contribution < 1.29 is 13.3 Å². The summed E-state index contributed by atoms with van der Waals surface area (Å²) in [4.78, 5) is 1.90. The number of sulfonamides is 1. The molecule has 1 aromatic carbocycles. The van der Waals surface area contributed by atoms with Gasteiger partial charge in [0.15, 0.2) is 0 Å². The molecule has 0 radical (unpaired) electrons. The Balaban J connectivity index is 1.74. The van der Waals surface area contributed by atoms with Gasteiger partial charge in [0, 0.05) is 11.4 Å². The normalized spacial score (nSPS) is 27.0. The largest absolute Gasteiger partial charge is 0.331 e. The molecule has 4 nitrogen and oxygen atoms in total. The summed E-state index contributed by atoms with van der Waals surface area (Å²) in [6.07, 6.45) is 8.25. The van der Waals surface area contributed by atoms with Gasteiger partial charge in [0.25, 0.3) is 0 Å². The molecule has 2 N–H and O–H groups in total. The average molecular weight is 358 g/mol. The third kappa shape index (κ3) is 4.27. The van der Waals surface area contributed by atoms with E-state index in [4.69, 9.17) is 11.6 Å². The average Bonchev–Trinajstić information content (AvgIpc) is 2.56. The molecule has 0 spiro atoms. The Bertz CT molecular complexity index is 612. The Kier molecular flexibility index (Phi) is 5.62. The number of piperidine rings is 1. The third-order valence-corrected chi connectivity index (χ3v) is 6.97. The fraction of sp³-hybridized carbons (Fsp3) is 0.647. The fourth-order valence-electron chi connectivity index (χ4n) is 4.02. The summed E-state index contributed by atoms with van der Waals surface area (Å²) in [5, 5.41) is 0.553. The lowest BCUT2D eigenvalue weighted by atomic mass is 9.89. The smallest absolute Gasteiger partial charge is 0.241 e. The lowest BCUT2D eigenvalue weighted by Crippen LogP contribution is -3.18. The van der Waals surface area contributed by atoms with Crippen LogP contribution in [0, 0.1) is 0 Å². The number of likely N-dealkylation sites (tertiary alicyclic amines) is 1. The molecule has 2 fully saturated rings. The van der Waals surface area contributed by atoms with Gasteiger partial charge in [0.05, 0.1) is 24.0 Å². The van der Waals surface area contributed by atoms with Gasteiger partial charge in [-0.15, -0.1) is 0 Å². The van der Waals surface area contributed by atoms with Crippen LogP contribution in [0.3, 0.4) is 0 Å². The van der Waals surface area contributed by atoms with Gasteiger partial charge < -0.3 is 4.90 Å². The van der Waals surface area contributed by atoms with Crippen LogP contribution in [-0.2, 0) is 10.0 Å². The standard InChI is InChI=1S/C17H25ClN2O2S/c18-14-8-10-15(11-9-14)23(21,22)19-16-6-2-3-7-17(16)20-12-4-1-5-13-20/h8-11,16-17,19H,1-7,12-13H2/p+1/t16-,17+/m0/s1. The van der Waals surface area contributed by atoms with Crippen LogP contribution < -0.4 is 9.62 Å². The second-order valence-electron chi connectivity index (χ2n) is 6.79. The first-order valence-electron chi connectivity index (χ1n) is 8.69. The summed E-state index contributed by atoms with van der Waals surface area (Å²) < 4.78 is 28.3. The van der Waals surface area contributed by atoms with E-state index in [0.717, 1.165) is 19.3 Å². The zero-order chi connectivity index (χ0) is 16.3. The van der Waals surface area contributed by atoms with Crippen molar-refractivity contribution in [1.29, 1.82) is 0 Å². The van der Waals surface area contributed by atoms with Crippen LogP contribution in [0.1, 0.15) is 44.9 Å². The Morgan fingerprint density at radius 1 is 0.957 bits per heavy atom. The molecule has 0 bridgehead atoms. The van der Waals surface area contributed by atoms with Gasteiger partial charge in [-0.05, 0) is 56.4 Å². The van der Waals surface area contributed by atoms with Crippen molar-refractivity contribution in [2.45, 2.75) is 61.9 Å². The number of nitrogens with one attached hydrogen (secondary N) is 2. The SMILES string of the molecule is O=S(=O)(N[C@H]1CCCC[C@H]1[NH+]1CCCCC1)c1ccc(Cl)cc1. The van der Waals surface area contributed by atoms with Crippen LogP contribution in [0.5, 0.6) is 0 Å². The number of benzene rings is 1. The van der Waals surface area contributed by atoms with Crippen LogP contribution in [0.4, 0.5) is 0 Å². The van der Waals surface area contributed by atoms with Crippen molar-refractivity contribution in [2.24, 2.45) is 0 Å². The summed E-state index contributed by atoms with van der Waals surface area (Å²) in [6.45, 7) is 2.37. The van der Waals surface area contributed by atoms with E-state index >= 15 is 0 Å². The summed E-state index contributed by atoms with van der Waals surface area (Å²) in [7, 11) is -3.47. The fourth-order valence-corrected chi connectivity index (χ4v) is 5.46. The highest BCUT2D eigenvalue weighted by molar-refractivity contribution is 7.89. The maximum absolute atomic E-state index is 12.7. The highest BCUT2D eigenvalue weighted by atomic mass is 35.5.